The van der Waals surface area contributed by atoms with Gasteiger partial charge in [0.1, 0.15) is 28.6 Å². The standard InChI is InChI=1S/C46H62N4O11/c1-22(2)21-50-18-16-46(17-19-50)48-34-31-32-39(54)28(8)42-33(31)43(56)45(10,61-42)59-20-15-30(58-11)25(5)41(60-29(9)51)27(7)38(53)26(6)37(52)23(3)13-12-14-24(4)44(57)47-36(40(32)55)35(34)49-46/h12-15,20,22-23,25-27,30,37-38,41,52-55H,16-19,21H2,1-11H3,(H,47,57)/t23?,25?,26?,27?,30?,37?,38?,41?,45-/m0/s1. The average Bonchev–Trinajstić information content (AvgIpc) is 3.71. The summed E-state index contributed by atoms with van der Waals surface area (Å²) < 4.78 is 24.0. The van der Waals surface area contributed by atoms with E-state index in [2.05, 4.69) is 24.1 Å². The number of carbonyl (C=O) groups excluding carboxylic acids is 3. The van der Waals surface area contributed by atoms with Crippen molar-refractivity contribution in [1.82, 2.24) is 4.90 Å². The Kier molecular flexibility index (Phi) is 13.1. The Bertz CT molecular complexity index is 2300. The average molecular weight is 847 g/mol. The van der Waals surface area contributed by atoms with Crippen LogP contribution in [0.25, 0.3) is 10.8 Å². The molecule has 15 nitrogen and oxygen atoms in total. The van der Waals surface area contributed by atoms with Gasteiger partial charge in [0.2, 0.25) is 0 Å². The monoisotopic (exact) mass is 846 g/mol. The number of amides is 1. The molecule has 1 saturated heterocycles. The maximum atomic E-state index is 14.7. The number of phenols is 2. The normalized spacial score (nSPS) is 30.8. The van der Waals surface area contributed by atoms with Crippen molar-refractivity contribution in [3.63, 3.8) is 0 Å². The number of esters is 1. The van der Waals surface area contributed by atoms with Crippen molar-refractivity contribution in [3.8, 4) is 17.2 Å². The number of rotatable bonds is 4. The molecule has 8 unspecified atom stereocenters. The SMILES string of the molecule is COC1C=CO[C@@]2(C)Oc3c(C)c(O)c4c(O)c(c5c(c4c3C2=O)=NC2(CCN(CC(C)C)CC2)N=5)NC(=O)C(C)=CC=CC(C)C(O)C(C)C(O)C(C)C(OC(C)=O)C1C. The van der Waals surface area contributed by atoms with Gasteiger partial charge in [-0.2, -0.15) is 0 Å². The second kappa shape index (κ2) is 17.5. The molecule has 332 valence electrons. The van der Waals surface area contributed by atoms with E-state index in [9.17, 15) is 34.8 Å². The molecule has 1 fully saturated rings. The van der Waals surface area contributed by atoms with Crippen LogP contribution in [0.5, 0.6) is 17.2 Å². The molecular weight excluding hydrogens is 785 g/mol. The molecule has 0 saturated carbocycles. The van der Waals surface area contributed by atoms with E-state index in [0.717, 1.165) is 6.54 Å². The van der Waals surface area contributed by atoms with Gasteiger partial charge < -0.3 is 49.6 Å². The fraction of sp³-hybridized carbons (Fsp3) is 0.587. The smallest absolute Gasteiger partial charge is 0.312 e. The summed E-state index contributed by atoms with van der Waals surface area (Å²) in [7, 11) is 1.47. The number of carbonyl (C=O) groups is 3. The molecule has 9 atom stereocenters. The maximum Gasteiger partial charge on any atom is 0.312 e. The van der Waals surface area contributed by atoms with E-state index in [4.69, 9.17) is 28.9 Å². The highest BCUT2D eigenvalue weighted by Gasteiger charge is 2.50. The minimum absolute atomic E-state index is 0.0364. The largest absolute Gasteiger partial charge is 0.507 e. The van der Waals surface area contributed by atoms with Gasteiger partial charge in [-0.3, -0.25) is 24.4 Å². The Morgan fingerprint density at radius 2 is 1.62 bits per heavy atom. The van der Waals surface area contributed by atoms with E-state index in [-0.39, 0.29) is 55.4 Å². The number of allylic oxidation sites excluding steroid dienone is 2. The van der Waals surface area contributed by atoms with Crippen molar-refractivity contribution in [1.29, 1.82) is 0 Å². The van der Waals surface area contributed by atoms with E-state index in [1.165, 1.54) is 27.2 Å². The molecule has 4 heterocycles. The van der Waals surface area contributed by atoms with Gasteiger partial charge in [-0.15, -0.1) is 0 Å². The summed E-state index contributed by atoms with van der Waals surface area (Å²) in [6.45, 7) is 19.5. The zero-order chi connectivity index (χ0) is 44.9. The van der Waals surface area contributed by atoms with Gasteiger partial charge in [0.15, 0.2) is 11.4 Å². The Morgan fingerprint density at radius 3 is 2.25 bits per heavy atom. The molecule has 0 radical (unpaired) electrons. The first kappa shape index (κ1) is 45.7. The zero-order valence-electron chi connectivity index (χ0n) is 37.1. The van der Waals surface area contributed by atoms with Crippen LogP contribution in [0.1, 0.15) is 91.1 Å². The van der Waals surface area contributed by atoms with Crippen molar-refractivity contribution in [3.05, 3.63) is 58.0 Å². The number of fused-ring (bicyclic) bond motifs is 1. The Balaban J connectivity index is 1.54. The number of anilines is 1. The van der Waals surface area contributed by atoms with E-state index < -0.39 is 82.9 Å². The summed E-state index contributed by atoms with van der Waals surface area (Å²) in [5, 5.41) is 50.2. The lowest BCUT2D eigenvalue weighted by Gasteiger charge is -2.38. The Hall–Kier alpha value is -4.83. The van der Waals surface area contributed by atoms with Crippen LogP contribution in [0.3, 0.4) is 0 Å². The molecule has 1 spiro atoms. The molecule has 4 aliphatic heterocycles. The molecule has 0 aliphatic carbocycles. The molecule has 61 heavy (non-hydrogen) atoms. The fourth-order valence-corrected chi connectivity index (χ4v) is 9.20. The molecule has 1 amide bonds. The van der Waals surface area contributed by atoms with Gasteiger partial charge in [-0.05, 0) is 25.8 Å². The zero-order valence-corrected chi connectivity index (χ0v) is 37.1. The highest BCUT2D eigenvalue weighted by Crippen LogP contribution is 2.50. The quantitative estimate of drug-likeness (QED) is 0.209. The first-order chi connectivity index (χ1) is 28.6. The highest BCUT2D eigenvalue weighted by molar-refractivity contribution is 6.19. The molecule has 15 heteroatoms. The van der Waals surface area contributed by atoms with Crippen LogP contribution in [0.4, 0.5) is 5.69 Å². The van der Waals surface area contributed by atoms with E-state index >= 15 is 0 Å². The molecule has 5 N–H and O–H groups in total. The Labute approximate surface area is 356 Å². The van der Waals surface area contributed by atoms with E-state index in [1.54, 1.807) is 65.8 Å². The number of phenolic OH excluding ortho intramolecular Hbond substituents is 2. The third-order valence-corrected chi connectivity index (χ3v) is 12.9. The lowest BCUT2D eigenvalue weighted by atomic mass is 9.78. The predicted octanol–water partition coefficient (Wildman–Crippen LogP) is 4.75. The molecule has 6 rings (SSSR count). The number of aliphatic hydroxyl groups excluding tert-OH is 2. The van der Waals surface area contributed by atoms with Gasteiger partial charge in [0, 0.05) is 93.6 Å². The van der Waals surface area contributed by atoms with Crippen LogP contribution in [0, 0.1) is 36.5 Å². The summed E-state index contributed by atoms with van der Waals surface area (Å²) >= 11 is 0. The number of methoxy groups -OCH3 is 1. The molecule has 4 aliphatic rings. The van der Waals surface area contributed by atoms with Crippen molar-refractivity contribution >= 4 is 34.1 Å². The minimum atomic E-state index is -1.96. The van der Waals surface area contributed by atoms with Gasteiger partial charge in [-0.25, -0.2) is 0 Å². The molecule has 2 aromatic carbocycles. The van der Waals surface area contributed by atoms with Gasteiger partial charge in [0.25, 0.3) is 11.7 Å². The van der Waals surface area contributed by atoms with Crippen molar-refractivity contribution in [2.75, 3.05) is 32.1 Å². The lowest BCUT2D eigenvalue weighted by Crippen LogP contribution is -2.46. The van der Waals surface area contributed by atoms with Crippen LogP contribution >= 0.6 is 0 Å². The van der Waals surface area contributed by atoms with Crippen molar-refractivity contribution in [2.24, 2.45) is 39.6 Å². The van der Waals surface area contributed by atoms with Gasteiger partial charge in [-0.1, -0.05) is 59.8 Å². The summed E-state index contributed by atoms with van der Waals surface area (Å²) in [6.07, 6.45) is 5.04. The molecular formula is C46H62N4O11. The van der Waals surface area contributed by atoms with E-state index in [1.807, 2.05) is 0 Å². The summed E-state index contributed by atoms with van der Waals surface area (Å²) in [6, 6.07) is 0. The van der Waals surface area contributed by atoms with E-state index in [0.29, 0.717) is 31.8 Å². The summed E-state index contributed by atoms with van der Waals surface area (Å²) in [5.41, 5.74) is -0.572. The number of likely N-dealkylation sites (tertiary alicyclic amines) is 1. The summed E-state index contributed by atoms with van der Waals surface area (Å²) in [5.74, 6) is -6.44. The number of Topliss-reactive ketones (excluding diaryl/α,β-unsaturated/α-hetero) is 1. The number of aliphatic hydroxyl groups is 2. The number of ether oxygens (including phenoxy) is 4. The predicted molar refractivity (Wildman–Crippen MR) is 228 cm³/mol. The second-order valence-electron chi connectivity index (χ2n) is 18.0. The molecule has 2 aromatic rings. The van der Waals surface area contributed by atoms with Crippen LogP contribution < -0.4 is 20.8 Å². The number of piperidine rings is 1. The molecule has 4 bridgehead atoms. The fourth-order valence-electron chi connectivity index (χ4n) is 9.20. The number of nitrogens with one attached hydrogen (secondary N) is 1. The van der Waals surface area contributed by atoms with Gasteiger partial charge >= 0.3 is 11.8 Å². The third kappa shape index (κ3) is 8.54. The second-order valence-corrected chi connectivity index (χ2v) is 18.0. The highest BCUT2D eigenvalue weighted by atomic mass is 16.7. The number of hydrogen-bond acceptors (Lipinski definition) is 14. The number of benzene rings is 2. The maximum absolute atomic E-state index is 14.7. The number of aromatic hydroxyl groups is 2. The van der Waals surface area contributed by atoms with Crippen molar-refractivity contribution in [2.45, 2.75) is 118 Å². The van der Waals surface area contributed by atoms with Crippen LogP contribution in [0.2, 0.25) is 0 Å². The van der Waals surface area contributed by atoms with Crippen LogP contribution in [-0.2, 0) is 23.8 Å². The minimum Gasteiger partial charge on any atom is -0.507 e. The van der Waals surface area contributed by atoms with Crippen molar-refractivity contribution < 1.29 is 53.8 Å². The van der Waals surface area contributed by atoms with Crippen LogP contribution in [0.15, 0.2) is 46.1 Å². The topological polar surface area (TPSA) is 209 Å². The third-order valence-electron chi connectivity index (χ3n) is 12.9. The number of nitrogens with zero attached hydrogens (tertiary/aromatic N) is 3. The number of hydrogen-bond donors (Lipinski definition) is 5. The first-order valence-corrected chi connectivity index (χ1v) is 21.2. The molecule has 0 aromatic heterocycles. The summed E-state index contributed by atoms with van der Waals surface area (Å²) in [4.78, 5) is 53.7. The van der Waals surface area contributed by atoms with Crippen LogP contribution in [-0.4, -0.2) is 106 Å². The number of ketones is 1. The van der Waals surface area contributed by atoms with Gasteiger partial charge in [0.05, 0.1) is 40.9 Å². The lowest BCUT2D eigenvalue weighted by molar-refractivity contribution is -0.160. The first-order valence-electron chi connectivity index (χ1n) is 21.2. The Morgan fingerprint density at radius 1 is 0.967 bits per heavy atom.